The number of hydrogen-bond donors (Lipinski definition) is 2. The summed E-state index contributed by atoms with van der Waals surface area (Å²) in [7, 11) is 0. The summed E-state index contributed by atoms with van der Waals surface area (Å²) in [6.45, 7) is 13.3. The van der Waals surface area contributed by atoms with E-state index in [1.165, 1.54) is 11.1 Å². The molecule has 0 aromatic heterocycles. The van der Waals surface area contributed by atoms with E-state index in [0.29, 0.717) is 0 Å². The van der Waals surface area contributed by atoms with Crippen LogP contribution in [0.3, 0.4) is 0 Å². The Morgan fingerprint density at radius 1 is 1.30 bits per heavy atom. The van der Waals surface area contributed by atoms with Crippen molar-refractivity contribution in [2.45, 2.75) is 53.4 Å². The Labute approximate surface area is 124 Å². The molecule has 0 fully saturated rings. The fraction of sp³-hybridized carbons (Fsp3) is 0.588. The minimum Gasteiger partial charge on any atom is -0.396 e. The number of aliphatic hydroxyl groups excluding tert-OH is 1. The zero-order valence-electron chi connectivity index (χ0n) is 13.5. The van der Waals surface area contributed by atoms with E-state index in [0.717, 1.165) is 43.6 Å². The quantitative estimate of drug-likeness (QED) is 0.361. The molecule has 0 aliphatic heterocycles. The van der Waals surface area contributed by atoms with Crippen LogP contribution in [-0.4, -0.2) is 24.0 Å². The van der Waals surface area contributed by atoms with Gasteiger partial charge in [0.25, 0.3) is 0 Å². The second-order valence-corrected chi connectivity index (χ2v) is 4.90. The van der Waals surface area contributed by atoms with Crippen LogP contribution in [0.15, 0.2) is 40.7 Å². The van der Waals surface area contributed by atoms with Gasteiger partial charge in [-0.05, 0) is 44.3 Å². The Hall–Kier alpha value is -1.35. The lowest BCUT2D eigenvalue weighted by Gasteiger charge is -2.08. The molecule has 0 radical (unpaired) electrons. The molecular formula is C17H30N2O. The average Bonchev–Trinajstić information content (AvgIpc) is 2.44. The lowest BCUT2D eigenvalue weighted by Crippen LogP contribution is -2.19. The van der Waals surface area contributed by atoms with Gasteiger partial charge in [0.15, 0.2) is 0 Å². The first-order valence-electron chi connectivity index (χ1n) is 7.51. The van der Waals surface area contributed by atoms with Crippen molar-refractivity contribution < 1.29 is 5.11 Å². The summed E-state index contributed by atoms with van der Waals surface area (Å²) in [6, 6.07) is 0. The lowest BCUT2D eigenvalue weighted by atomic mass is 10.0. The normalized spacial score (nSPS) is 13.6. The highest BCUT2D eigenvalue weighted by atomic mass is 16.3. The smallest absolute Gasteiger partial charge is 0.0597 e. The Kier molecular flexibility index (Phi) is 10.7. The molecule has 0 aromatic rings. The van der Waals surface area contributed by atoms with Crippen molar-refractivity contribution in [3.05, 3.63) is 35.7 Å². The molecule has 2 N–H and O–H groups in total. The van der Waals surface area contributed by atoms with E-state index in [1.54, 1.807) is 0 Å². The first-order valence-corrected chi connectivity index (χ1v) is 7.51. The molecule has 20 heavy (non-hydrogen) atoms. The Balaban J connectivity index is 4.65. The molecule has 0 unspecified atom stereocenters. The highest BCUT2D eigenvalue weighted by molar-refractivity contribution is 5.97. The number of hydrogen-bond acceptors (Lipinski definition) is 3. The summed E-state index contributed by atoms with van der Waals surface area (Å²) >= 11 is 0. The van der Waals surface area contributed by atoms with Gasteiger partial charge in [0, 0.05) is 25.0 Å². The van der Waals surface area contributed by atoms with Crippen molar-refractivity contribution in [2.24, 2.45) is 4.99 Å². The summed E-state index contributed by atoms with van der Waals surface area (Å²) in [4.78, 5) is 4.48. The van der Waals surface area contributed by atoms with Crippen molar-refractivity contribution in [3.8, 4) is 0 Å². The SMILES string of the molecule is C=C(NCCCO)C(C)=N/C=C(C)/C(=C/CC)CCC. The van der Waals surface area contributed by atoms with Gasteiger partial charge in [-0.15, -0.1) is 0 Å². The molecular weight excluding hydrogens is 248 g/mol. The summed E-state index contributed by atoms with van der Waals surface area (Å²) in [5.41, 5.74) is 4.30. The third-order valence-electron chi connectivity index (χ3n) is 3.04. The van der Waals surface area contributed by atoms with Gasteiger partial charge < -0.3 is 10.4 Å². The van der Waals surface area contributed by atoms with Crippen LogP contribution >= 0.6 is 0 Å². The third-order valence-corrected chi connectivity index (χ3v) is 3.04. The number of rotatable bonds is 10. The van der Waals surface area contributed by atoms with Gasteiger partial charge in [-0.2, -0.15) is 0 Å². The van der Waals surface area contributed by atoms with Gasteiger partial charge in [-0.25, -0.2) is 0 Å². The van der Waals surface area contributed by atoms with Gasteiger partial charge in [0.1, 0.15) is 0 Å². The van der Waals surface area contributed by atoms with Gasteiger partial charge >= 0.3 is 0 Å². The van der Waals surface area contributed by atoms with Crippen molar-refractivity contribution in [3.63, 3.8) is 0 Å². The molecule has 0 saturated heterocycles. The molecule has 0 bridgehead atoms. The van der Waals surface area contributed by atoms with Crippen LogP contribution in [0.25, 0.3) is 0 Å². The zero-order valence-corrected chi connectivity index (χ0v) is 13.5. The molecule has 0 saturated carbocycles. The topological polar surface area (TPSA) is 44.6 Å². The van der Waals surface area contributed by atoms with E-state index in [1.807, 2.05) is 13.1 Å². The zero-order chi connectivity index (χ0) is 15.4. The van der Waals surface area contributed by atoms with Crippen molar-refractivity contribution in [2.75, 3.05) is 13.2 Å². The number of nitrogens with zero attached hydrogens (tertiary/aromatic N) is 1. The molecule has 3 nitrogen and oxygen atoms in total. The molecule has 0 aliphatic carbocycles. The lowest BCUT2D eigenvalue weighted by molar-refractivity contribution is 0.288. The van der Waals surface area contributed by atoms with E-state index in [9.17, 15) is 0 Å². The van der Waals surface area contributed by atoms with Crippen LogP contribution in [0.5, 0.6) is 0 Å². The number of aliphatic hydroxyl groups is 1. The number of nitrogens with one attached hydrogen (secondary N) is 1. The maximum Gasteiger partial charge on any atom is 0.0597 e. The second kappa shape index (κ2) is 11.5. The minimum atomic E-state index is 0.192. The Morgan fingerprint density at radius 3 is 2.55 bits per heavy atom. The molecule has 0 spiro atoms. The summed E-state index contributed by atoms with van der Waals surface area (Å²) in [6.07, 6.45) is 8.22. The fourth-order valence-corrected chi connectivity index (χ4v) is 1.78. The second-order valence-electron chi connectivity index (χ2n) is 4.90. The predicted octanol–water partition coefficient (Wildman–Crippen LogP) is 3.97. The monoisotopic (exact) mass is 278 g/mol. The molecule has 0 amide bonds. The minimum absolute atomic E-state index is 0.192. The van der Waals surface area contributed by atoms with Crippen LogP contribution in [-0.2, 0) is 0 Å². The molecule has 114 valence electrons. The average molecular weight is 278 g/mol. The molecule has 0 rings (SSSR count). The van der Waals surface area contributed by atoms with Crippen molar-refractivity contribution >= 4 is 5.71 Å². The van der Waals surface area contributed by atoms with Crippen LogP contribution in [0.1, 0.15) is 53.4 Å². The van der Waals surface area contributed by atoms with Gasteiger partial charge in [-0.3, -0.25) is 4.99 Å². The first kappa shape index (κ1) is 18.7. The molecule has 0 aromatic carbocycles. The van der Waals surface area contributed by atoms with Crippen molar-refractivity contribution in [1.82, 2.24) is 5.32 Å². The highest BCUT2D eigenvalue weighted by Gasteiger charge is 2.00. The third kappa shape index (κ3) is 7.95. The van der Waals surface area contributed by atoms with Gasteiger partial charge in [0.2, 0.25) is 0 Å². The maximum atomic E-state index is 8.74. The summed E-state index contributed by atoms with van der Waals surface area (Å²) in [5.74, 6) is 0. The van der Waals surface area contributed by atoms with Crippen LogP contribution in [0.2, 0.25) is 0 Å². The first-order chi connectivity index (χ1) is 9.56. The maximum absolute atomic E-state index is 8.74. The van der Waals surface area contributed by atoms with Crippen molar-refractivity contribution in [1.29, 1.82) is 0 Å². The summed E-state index contributed by atoms with van der Waals surface area (Å²) in [5, 5.41) is 11.9. The fourth-order valence-electron chi connectivity index (χ4n) is 1.78. The Morgan fingerprint density at radius 2 is 2.00 bits per heavy atom. The van der Waals surface area contributed by atoms with E-state index in [4.69, 9.17) is 5.11 Å². The van der Waals surface area contributed by atoms with Crippen LogP contribution < -0.4 is 5.32 Å². The molecule has 0 aliphatic rings. The van der Waals surface area contributed by atoms with E-state index in [-0.39, 0.29) is 6.61 Å². The van der Waals surface area contributed by atoms with Gasteiger partial charge in [-0.1, -0.05) is 32.9 Å². The van der Waals surface area contributed by atoms with Crippen LogP contribution in [0, 0.1) is 0 Å². The van der Waals surface area contributed by atoms with E-state index >= 15 is 0 Å². The van der Waals surface area contributed by atoms with E-state index < -0.39 is 0 Å². The molecule has 3 heteroatoms. The van der Waals surface area contributed by atoms with Crippen LogP contribution in [0.4, 0.5) is 0 Å². The summed E-state index contributed by atoms with van der Waals surface area (Å²) < 4.78 is 0. The molecule has 0 atom stereocenters. The predicted molar refractivity (Wildman–Crippen MR) is 89.0 cm³/mol. The Bertz CT molecular complexity index is 378. The molecule has 0 heterocycles. The number of allylic oxidation sites excluding steroid dienone is 4. The van der Waals surface area contributed by atoms with Gasteiger partial charge in [0.05, 0.1) is 5.71 Å². The largest absolute Gasteiger partial charge is 0.396 e. The highest BCUT2D eigenvalue weighted by Crippen LogP contribution is 2.16. The number of aliphatic imine (C=N–C) groups is 1. The van der Waals surface area contributed by atoms with E-state index in [2.05, 4.69) is 43.7 Å². The standard InChI is InChI=1S/C17H30N2O/c1-6-9-17(10-7-2)14(3)13-19-16(5)15(4)18-11-8-12-20/h9,13,18,20H,4,6-8,10-12H2,1-3,5H3/b14-13+,17-9+,19-16?.